The number of H-pyrrole nitrogens is 1. The fourth-order valence-electron chi connectivity index (χ4n) is 2.82. The van der Waals surface area contributed by atoms with Gasteiger partial charge < -0.3 is 25.3 Å². The number of aromatic amines is 1. The van der Waals surface area contributed by atoms with Gasteiger partial charge in [0.15, 0.2) is 23.3 Å². The molecular formula is C20H22N6O3. The molecule has 0 fully saturated rings. The summed E-state index contributed by atoms with van der Waals surface area (Å²) in [7, 11) is 1.63. The molecule has 4 N–H and O–H groups in total. The lowest BCUT2D eigenvalue weighted by atomic mass is 10.2. The highest BCUT2D eigenvalue weighted by molar-refractivity contribution is 5.92. The number of aromatic nitrogens is 3. The highest BCUT2D eigenvalue weighted by atomic mass is 16.5. The van der Waals surface area contributed by atoms with Crippen LogP contribution in [0.25, 0.3) is 11.4 Å². The number of nitrogens with two attached hydrogens (primary N) is 1. The third kappa shape index (κ3) is 4.57. The van der Waals surface area contributed by atoms with Gasteiger partial charge in [-0.15, -0.1) is 0 Å². The molecule has 0 spiro atoms. The number of benzene rings is 2. The molecule has 4 rings (SSSR count). The predicted octanol–water partition coefficient (Wildman–Crippen LogP) is 2.57. The van der Waals surface area contributed by atoms with Crippen molar-refractivity contribution in [2.45, 2.75) is 13.0 Å². The van der Waals surface area contributed by atoms with Crippen molar-refractivity contribution in [1.82, 2.24) is 15.2 Å². The molecular weight excluding hydrogens is 372 g/mol. The normalized spacial score (nSPS) is 13.6. The number of nitrogens with one attached hydrogen (secondary N) is 2. The van der Waals surface area contributed by atoms with Gasteiger partial charge in [0.2, 0.25) is 0 Å². The monoisotopic (exact) mass is 394 g/mol. The number of hydrogen-bond donors (Lipinski definition) is 3. The second kappa shape index (κ2) is 8.51. The van der Waals surface area contributed by atoms with Crippen molar-refractivity contribution in [3.63, 3.8) is 0 Å². The number of nitrogens with zero attached hydrogens (tertiary/aromatic N) is 3. The van der Waals surface area contributed by atoms with E-state index in [0.717, 1.165) is 29.2 Å². The maximum absolute atomic E-state index is 6.00. The summed E-state index contributed by atoms with van der Waals surface area (Å²) in [5.41, 5.74) is 7.66. The van der Waals surface area contributed by atoms with Gasteiger partial charge in [-0.05, 0) is 36.4 Å². The number of ether oxygens (including phenoxy) is 3. The largest absolute Gasteiger partial charge is 0.497 e. The van der Waals surface area contributed by atoms with Crippen molar-refractivity contribution in [3.8, 4) is 28.6 Å². The Morgan fingerprint density at radius 3 is 2.76 bits per heavy atom. The summed E-state index contributed by atoms with van der Waals surface area (Å²) in [6, 6.07) is 13.1. The van der Waals surface area contributed by atoms with Crippen LogP contribution in [-0.4, -0.2) is 41.5 Å². The first kappa shape index (κ1) is 18.6. The van der Waals surface area contributed by atoms with Crippen LogP contribution in [0.2, 0.25) is 0 Å². The highest BCUT2D eigenvalue weighted by Crippen LogP contribution is 2.32. The summed E-state index contributed by atoms with van der Waals surface area (Å²) in [5.74, 6) is 3.67. The Morgan fingerprint density at radius 2 is 1.97 bits per heavy atom. The van der Waals surface area contributed by atoms with E-state index in [2.05, 4.69) is 25.5 Å². The van der Waals surface area contributed by atoms with Crippen LogP contribution in [-0.2, 0) is 6.54 Å². The molecule has 0 bridgehead atoms. The molecule has 0 saturated carbocycles. The molecule has 1 aliphatic heterocycles. The molecule has 2 aromatic carbocycles. The van der Waals surface area contributed by atoms with E-state index in [9.17, 15) is 0 Å². The first-order chi connectivity index (χ1) is 14.2. The lowest BCUT2D eigenvalue weighted by Crippen LogP contribution is -2.22. The number of methoxy groups -OCH3 is 1. The molecule has 2 heterocycles. The van der Waals surface area contributed by atoms with Crippen LogP contribution >= 0.6 is 0 Å². The lowest BCUT2D eigenvalue weighted by Gasteiger charge is -2.10. The fraction of sp³-hybridized carbons (Fsp3) is 0.250. The maximum atomic E-state index is 6.00. The highest BCUT2D eigenvalue weighted by Gasteiger charge is 2.11. The van der Waals surface area contributed by atoms with E-state index in [0.29, 0.717) is 30.6 Å². The van der Waals surface area contributed by atoms with Gasteiger partial charge in [0.05, 0.1) is 20.3 Å². The minimum Gasteiger partial charge on any atom is -0.497 e. The molecule has 0 amide bonds. The standard InChI is InChI=1S/C20H22N6O3/c1-27-15-6-3-13(4-7-15)19-24-18(25-26-19)12-22-20(21)23-14-5-8-16-17(11-14)29-10-2-9-28-16/h3-8,11H,2,9-10,12H2,1H3,(H3,21,22,23)(H,24,25,26). The van der Waals surface area contributed by atoms with Gasteiger partial charge in [-0.3, -0.25) is 5.10 Å². The van der Waals surface area contributed by atoms with Crippen LogP contribution in [0.3, 0.4) is 0 Å². The lowest BCUT2D eigenvalue weighted by molar-refractivity contribution is 0.297. The quantitative estimate of drug-likeness (QED) is 0.449. The van der Waals surface area contributed by atoms with Crippen LogP contribution in [0.1, 0.15) is 12.2 Å². The molecule has 9 heteroatoms. The van der Waals surface area contributed by atoms with Crippen molar-refractivity contribution in [2.24, 2.45) is 10.7 Å². The average molecular weight is 394 g/mol. The molecule has 3 aromatic rings. The molecule has 0 unspecified atom stereocenters. The first-order valence-corrected chi connectivity index (χ1v) is 9.23. The maximum Gasteiger partial charge on any atom is 0.193 e. The Kier molecular flexibility index (Phi) is 5.46. The second-order valence-electron chi connectivity index (χ2n) is 6.37. The summed E-state index contributed by atoms with van der Waals surface area (Å²) in [6.07, 6.45) is 0.858. The molecule has 0 saturated heterocycles. The number of fused-ring (bicyclic) bond motifs is 1. The van der Waals surface area contributed by atoms with Gasteiger partial charge in [0, 0.05) is 23.7 Å². The third-order valence-electron chi connectivity index (χ3n) is 4.30. The smallest absolute Gasteiger partial charge is 0.193 e. The van der Waals surface area contributed by atoms with Crippen molar-refractivity contribution < 1.29 is 14.2 Å². The van der Waals surface area contributed by atoms with E-state index in [1.807, 2.05) is 42.5 Å². The summed E-state index contributed by atoms with van der Waals surface area (Å²) in [4.78, 5) is 8.76. The summed E-state index contributed by atoms with van der Waals surface area (Å²) in [5, 5.41) is 10.2. The van der Waals surface area contributed by atoms with E-state index in [1.165, 1.54) is 0 Å². The fourth-order valence-corrected chi connectivity index (χ4v) is 2.82. The molecule has 29 heavy (non-hydrogen) atoms. The Morgan fingerprint density at radius 1 is 1.17 bits per heavy atom. The third-order valence-corrected chi connectivity index (χ3v) is 4.30. The van der Waals surface area contributed by atoms with Crippen molar-refractivity contribution in [3.05, 3.63) is 48.3 Å². The van der Waals surface area contributed by atoms with Gasteiger partial charge in [0.1, 0.15) is 18.1 Å². The number of anilines is 1. The van der Waals surface area contributed by atoms with Gasteiger partial charge in [-0.1, -0.05) is 0 Å². The minimum absolute atomic E-state index is 0.266. The summed E-state index contributed by atoms with van der Waals surface area (Å²) in [6.45, 7) is 1.55. The summed E-state index contributed by atoms with van der Waals surface area (Å²) < 4.78 is 16.5. The van der Waals surface area contributed by atoms with Gasteiger partial charge >= 0.3 is 0 Å². The van der Waals surface area contributed by atoms with Crippen LogP contribution in [0.4, 0.5) is 5.69 Å². The number of hydrogen-bond acceptors (Lipinski definition) is 6. The van der Waals surface area contributed by atoms with Crippen LogP contribution in [0.5, 0.6) is 17.2 Å². The average Bonchev–Trinajstić information content (AvgIpc) is 3.10. The van der Waals surface area contributed by atoms with E-state index < -0.39 is 0 Å². The predicted molar refractivity (Wildman–Crippen MR) is 109 cm³/mol. The zero-order chi connectivity index (χ0) is 20.1. The SMILES string of the molecule is COc1ccc(-c2n[nH]c(CN=C(N)Nc3ccc4c(c3)OCCCO4)n2)cc1. The molecule has 1 aromatic heterocycles. The molecule has 150 valence electrons. The Labute approximate surface area is 167 Å². The van der Waals surface area contributed by atoms with E-state index in [1.54, 1.807) is 7.11 Å². The molecule has 1 aliphatic rings. The minimum atomic E-state index is 0.266. The number of rotatable bonds is 5. The Balaban J connectivity index is 1.39. The second-order valence-corrected chi connectivity index (χ2v) is 6.37. The van der Waals surface area contributed by atoms with E-state index >= 15 is 0 Å². The van der Waals surface area contributed by atoms with Crippen molar-refractivity contribution >= 4 is 11.6 Å². The Bertz CT molecular complexity index is 1000. The van der Waals surface area contributed by atoms with E-state index in [-0.39, 0.29) is 12.5 Å². The van der Waals surface area contributed by atoms with Crippen molar-refractivity contribution in [1.29, 1.82) is 0 Å². The molecule has 9 nitrogen and oxygen atoms in total. The topological polar surface area (TPSA) is 120 Å². The molecule has 0 aliphatic carbocycles. The van der Waals surface area contributed by atoms with E-state index in [4.69, 9.17) is 19.9 Å². The first-order valence-electron chi connectivity index (χ1n) is 9.23. The Hall–Kier alpha value is -3.75. The summed E-state index contributed by atoms with van der Waals surface area (Å²) >= 11 is 0. The van der Waals surface area contributed by atoms with Gasteiger partial charge in [-0.2, -0.15) is 5.10 Å². The van der Waals surface area contributed by atoms with Crippen LogP contribution in [0.15, 0.2) is 47.5 Å². The van der Waals surface area contributed by atoms with Crippen LogP contribution in [0, 0.1) is 0 Å². The number of guanidine groups is 1. The zero-order valence-corrected chi connectivity index (χ0v) is 16.0. The molecule has 0 radical (unpaired) electrons. The van der Waals surface area contributed by atoms with Gasteiger partial charge in [-0.25, -0.2) is 9.98 Å². The van der Waals surface area contributed by atoms with Crippen molar-refractivity contribution in [2.75, 3.05) is 25.6 Å². The molecule has 0 atom stereocenters. The van der Waals surface area contributed by atoms with Gasteiger partial charge in [0.25, 0.3) is 0 Å². The number of aliphatic imine (C=N–C) groups is 1. The van der Waals surface area contributed by atoms with Crippen LogP contribution < -0.4 is 25.3 Å². The zero-order valence-electron chi connectivity index (χ0n) is 16.0.